The third kappa shape index (κ3) is 15.4. The molecule has 2 unspecified atom stereocenters. The van der Waals surface area contributed by atoms with Crippen molar-refractivity contribution in [3.63, 3.8) is 0 Å². The zero-order valence-electron chi connectivity index (χ0n) is 42.9. The third-order valence-electron chi connectivity index (χ3n) is 12.1. The fourth-order valence-corrected chi connectivity index (χ4v) is 9.53. The monoisotopic (exact) mass is 1160 g/mol. The van der Waals surface area contributed by atoms with Crippen LogP contribution < -0.4 is 5.32 Å². The number of amides is 4. The quantitative estimate of drug-likeness (QED) is 0.0783. The number of carbonyl (C=O) groups excluding carboxylic acids is 5. The average Bonchev–Trinajstić information content (AvgIpc) is 4.19. The minimum Gasteiger partial charge on any atom is -0.476 e. The number of alkyl halides is 6. The van der Waals surface area contributed by atoms with E-state index in [2.05, 4.69) is 15.3 Å². The van der Waals surface area contributed by atoms with Crippen molar-refractivity contribution in [3.8, 4) is 0 Å². The van der Waals surface area contributed by atoms with Gasteiger partial charge in [-0.05, 0) is 77.6 Å². The number of benzene rings is 2. The number of thioether (sulfide) groups is 1. The van der Waals surface area contributed by atoms with Gasteiger partial charge in [0.05, 0.1) is 36.3 Å². The molecule has 2 atom stereocenters. The highest BCUT2D eigenvalue weighted by Crippen LogP contribution is 2.35. The van der Waals surface area contributed by atoms with Crippen LogP contribution in [0.1, 0.15) is 110 Å². The lowest BCUT2D eigenvalue weighted by Gasteiger charge is -2.31. The van der Waals surface area contributed by atoms with Gasteiger partial charge in [0.15, 0.2) is 34.7 Å². The molecule has 30 heteroatoms. The van der Waals surface area contributed by atoms with Gasteiger partial charge in [-0.15, -0.1) is 11.8 Å². The van der Waals surface area contributed by atoms with Gasteiger partial charge in [-0.3, -0.25) is 19.2 Å². The van der Waals surface area contributed by atoms with E-state index in [9.17, 15) is 86.6 Å². The van der Waals surface area contributed by atoms with Gasteiger partial charge in [-0.25, -0.2) is 45.9 Å². The van der Waals surface area contributed by atoms with Crippen LogP contribution in [0.4, 0.5) is 57.5 Å². The summed E-state index contributed by atoms with van der Waals surface area (Å²) in [7, 11) is 0. The highest BCUT2D eigenvalue weighted by molar-refractivity contribution is 7.99. The third-order valence-corrected chi connectivity index (χ3v) is 13.1. The molecule has 1 saturated heterocycles. The molecular weight excluding hydrogens is 1100 g/mol. The van der Waals surface area contributed by atoms with Gasteiger partial charge in [0.25, 0.3) is 5.91 Å². The van der Waals surface area contributed by atoms with E-state index in [1.54, 1.807) is 41.5 Å². The number of esters is 1. The van der Waals surface area contributed by atoms with Crippen molar-refractivity contribution < 1.29 is 96.0 Å². The summed E-state index contributed by atoms with van der Waals surface area (Å²) in [6.07, 6.45) is -12.8. The Morgan fingerprint density at radius 2 is 1.06 bits per heavy atom. The summed E-state index contributed by atoms with van der Waals surface area (Å²) in [5.41, 5.74) is -4.32. The lowest BCUT2D eigenvalue weighted by Crippen LogP contribution is -2.46. The number of rotatable bonds is 12. The number of carboxylic acids is 1. The van der Waals surface area contributed by atoms with E-state index < -0.39 is 168 Å². The van der Waals surface area contributed by atoms with Crippen LogP contribution in [0.15, 0.2) is 24.3 Å². The normalized spacial score (nSPS) is 15.6. The summed E-state index contributed by atoms with van der Waals surface area (Å²) in [6.45, 7) is 7.69. The molecule has 0 spiro atoms. The van der Waals surface area contributed by atoms with Crippen LogP contribution in [0.25, 0.3) is 0 Å². The topological polar surface area (TPSA) is 198 Å². The van der Waals surface area contributed by atoms with Crippen molar-refractivity contribution in [2.45, 2.75) is 123 Å². The number of halogens is 12. The molecule has 0 aliphatic carbocycles. The van der Waals surface area contributed by atoms with Gasteiger partial charge in [-0.2, -0.15) is 26.3 Å². The summed E-state index contributed by atoms with van der Waals surface area (Å²) >= 11 is 1.45. The number of hydrogen-bond acceptors (Lipinski definition) is 11. The van der Waals surface area contributed by atoms with E-state index >= 15 is 0 Å². The van der Waals surface area contributed by atoms with Gasteiger partial charge in [0.2, 0.25) is 23.5 Å². The van der Waals surface area contributed by atoms with Crippen LogP contribution in [-0.4, -0.2) is 123 Å². The molecule has 3 aliphatic heterocycles. The fraction of sp³-hybridized carbons (Fsp3) is 0.510. The molecule has 432 valence electrons. The Labute approximate surface area is 446 Å². The maximum Gasteiger partial charge on any atom is 0.449 e. The molecule has 2 N–H and O–H groups in total. The maximum atomic E-state index is 14.4. The van der Waals surface area contributed by atoms with Crippen molar-refractivity contribution in [2.75, 3.05) is 31.3 Å². The van der Waals surface area contributed by atoms with Gasteiger partial charge in [0.1, 0.15) is 22.8 Å². The Kier molecular flexibility index (Phi) is 18.4. The van der Waals surface area contributed by atoms with Crippen molar-refractivity contribution in [2.24, 2.45) is 5.92 Å². The highest BCUT2D eigenvalue weighted by Gasteiger charge is 2.44. The van der Waals surface area contributed by atoms with Crippen LogP contribution in [0.5, 0.6) is 0 Å². The number of aromatic nitrogens is 4. The SMILES string of the molecule is CC(C)(C)OC(=O)C(CC(=O)N1CCn2c(C(F)(F)F)nc(C(=O)O)c2C1)Cc1cc(F)c(F)cc1F.CC(C)(C)OC(=O)NC(CC(=O)N1CCn2c(C(F)(F)F)nc(C(=O)N3CCSC3)c2C1)Cc1cc(F)c(F)cc1F. The summed E-state index contributed by atoms with van der Waals surface area (Å²) in [4.78, 5) is 86.7. The Balaban J connectivity index is 0.000000257. The predicted molar refractivity (Wildman–Crippen MR) is 252 cm³/mol. The van der Waals surface area contributed by atoms with E-state index in [-0.39, 0.29) is 48.7 Å². The van der Waals surface area contributed by atoms with Gasteiger partial charge < -0.3 is 43.7 Å². The second-order valence-corrected chi connectivity index (χ2v) is 21.5. The van der Waals surface area contributed by atoms with E-state index in [1.165, 1.54) is 21.6 Å². The van der Waals surface area contributed by atoms with E-state index in [4.69, 9.17) is 9.47 Å². The van der Waals surface area contributed by atoms with Crippen LogP contribution in [-0.2, 0) is 75.2 Å². The van der Waals surface area contributed by atoms with Crippen molar-refractivity contribution >= 4 is 47.5 Å². The molecule has 17 nitrogen and oxygen atoms in total. The van der Waals surface area contributed by atoms with Crippen LogP contribution in [0, 0.1) is 40.8 Å². The Morgan fingerprint density at radius 3 is 1.52 bits per heavy atom. The molecule has 1 fully saturated rings. The van der Waals surface area contributed by atoms with E-state index in [0.29, 0.717) is 47.0 Å². The molecule has 3 aliphatic rings. The number of nitrogens with one attached hydrogen (secondary N) is 1. The van der Waals surface area contributed by atoms with E-state index in [0.717, 1.165) is 9.47 Å². The standard InChI is InChI=1S/C26H29F6N5O4S.C23H23F6N3O5/c1-25(2,3)41-24(40)33-15(8-14-9-17(28)18(29)11-16(14)27)10-20(38)35-4-5-37-19(12-35)21(34-23(37)26(30,31)32)22(39)36-6-7-42-13-36;1-22(2,3)37-20(36)12(6-11-7-14(25)15(26)9-13(11)24)8-17(33)31-4-5-32-16(10-31)18(19(34)35)30-21(32)23(27,28)29/h9,11,15H,4-8,10,12-13H2,1-3H3,(H,33,40);7,9,12H,4-6,8,10H2,1-3H3,(H,34,35). The number of fused-ring (bicyclic) bond motifs is 2. The smallest absolute Gasteiger partial charge is 0.449 e. The largest absolute Gasteiger partial charge is 0.476 e. The Morgan fingerprint density at radius 1 is 0.608 bits per heavy atom. The summed E-state index contributed by atoms with van der Waals surface area (Å²) < 4.78 is 176. The Bertz CT molecular complexity index is 3000. The minimum atomic E-state index is -4.93. The maximum absolute atomic E-state index is 14.4. The molecule has 79 heavy (non-hydrogen) atoms. The predicted octanol–water partition coefficient (Wildman–Crippen LogP) is 8.28. The average molecular weight is 1160 g/mol. The number of nitrogens with zero attached hydrogens (tertiary/aromatic N) is 7. The molecule has 2 aromatic heterocycles. The first-order chi connectivity index (χ1) is 36.5. The first-order valence-corrected chi connectivity index (χ1v) is 25.1. The molecule has 4 aromatic rings. The van der Waals surface area contributed by atoms with Crippen LogP contribution >= 0.6 is 11.8 Å². The number of carbonyl (C=O) groups is 6. The number of ether oxygens (including phenoxy) is 2. The number of imidazole rings is 2. The zero-order valence-corrected chi connectivity index (χ0v) is 43.8. The number of hydrogen-bond donors (Lipinski definition) is 2. The first kappa shape index (κ1) is 61.2. The molecular formula is C49H52F12N8O9S. The zero-order chi connectivity index (χ0) is 58.9. The first-order valence-electron chi connectivity index (χ1n) is 24.0. The number of alkyl carbamates (subject to hydrolysis) is 1. The van der Waals surface area contributed by atoms with Crippen molar-refractivity contribution in [3.05, 3.63) is 105 Å². The lowest BCUT2D eigenvalue weighted by molar-refractivity contribution is -0.162. The molecule has 4 amide bonds. The molecule has 2 aromatic carbocycles. The fourth-order valence-electron chi connectivity index (χ4n) is 8.58. The molecule has 7 rings (SSSR count). The second-order valence-electron chi connectivity index (χ2n) is 20.4. The van der Waals surface area contributed by atoms with E-state index in [1.807, 2.05) is 0 Å². The number of aromatic carboxylic acids is 1. The van der Waals surface area contributed by atoms with Gasteiger partial charge in [-0.1, -0.05) is 0 Å². The summed E-state index contributed by atoms with van der Waals surface area (Å²) in [5.74, 6) is -15.6. The molecule has 0 saturated carbocycles. The number of carboxylic acid groups (broad SMARTS) is 1. The molecule has 5 heterocycles. The molecule has 0 bridgehead atoms. The van der Waals surface area contributed by atoms with Crippen LogP contribution in [0.3, 0.4) is 0 Å². The van der Waals surface area contributed by atoms with Crippen molar-refractivity contribution in [1.82, 2.24) is 39.1 Å². The van der Waals surface area contributed by atoms with Crippen molar-refractivity contribution in [1.29, 1.82) is 0 Å². The second kappa shape index (κ2) is 23.8. The highest BCUT2D eigenvalue weighted by atomic mass is 32.2. The van der Waals surface area contributed by atoms with Gasteiger partial charge >= 0.3 is 30.4 Å². The van der Waals surface area contributed by atoms with Crippen LogP contribution in [0.2, 0.25) is 0 Å². The summed E-state index contributed by atoms with van der Waals surface area (Å²) in [6, 6.07) is 0.663. The molecule has 0 radical (unpaired) electrons. The van der Waals surface area contributed by atoms with Gasteiger partial charge in [0, 0.05) is 69.5 Å². The lowest BCUT2D eigenvalue weighted by atomic mass is 9.94. The summed E-state index contributed by atoms with van der Waals surface area (Å²) in [5, 5.41) is 11.7. The minimum absolute atomic E-state index is 0.0767. The Hall–Kier alpha value is -7.01.